The summed E-state index contributed by atoms with van der Waals surface area (Å²) in [5, 5.41) is 4.98. The minimum absolute atomic E-state index is 0.191. The van der Waals surface area contributed by atoms with Crippen LogP contribution in [0.2, 0.25) is 0 Å². The van der Waals surface area contributed by atoms with Crippen molar-refractivity contribution in [3.05, 3.63) is 66.5 Å². The van der Waals surface area contributed by atoms with Crippen molar-refractivity contribution in [2.75, 3.05) is 12.4 Å². The predicted octanol–water partition coefficient (Wildman–Crippen LogP) is 5.96. The average Bonchev–Trinajstić information content (AvgIpc) is 3.22. The van der Waals surface area contributed by atoms with Crippen molar-refractivity contribution < 1.29 is 9.53 Å². The van der Waals surface area contributed by atoms with Crippen LogP contribution in [0.15, 0.2) is 60.9 Å². The molecule has 4 aromatic rings. The number of hydrogen-bond donors (Lipinski definition) is 1. The number of hydrogen-bond acceptors (Lipinski definition) is 3. The van der Waals surface area contributed by atoms with Gasteiger partial charge in [0.2, 0.25) is 0 Å². The van der Waals surface area contributed by atoms with Crippen LogP contribution in [-0.4, -0.2) is 22.6 Å². The normalized spacial score (nSPS) is 14.8. The second kappa shape index (κ2) is 7.82. The number of carbonyl (C=O) groups excluding carboxylic acids is 1. The monoisotopic (exact) mass is 399 g/mol. The number of benzene rings is 3. The maximum Gasteiger partial charge on any atom is 0.259 e. The maximum atomic E-state index is 13.0. The number of amides is 1. The van der Waals surface area contributed by atoms with E-state index in [0.717, 1.165) is 27.5 Å². The second-order valence-electron chi connectivity index (χ2n) is 7.97. The first-order chi connectivity index (χ1) is 14.7. The molecule has 152 valence electrons. The summed E-state index contributed by atoms with van der Waals surface area (Å²) in [4.78, 5) is 17.6. The van der Waals surface area contributed by atoms with E-state index >= 15 is 0 Å². The maximum absolute atomic E-state index is 13.0. The molecule has 1 aromatic heterocycles. The molecule has 1 saturated carbocycles. The predicted molar refractivity (Wildman–Crippen MR) is 120 cm³/mol. The zero-order valence-corrected chi connectivity index (χ0v) is 17.1. The molecule has 5 nitrogen and oxygen atoms in total. The standard InChI is InChI=1S/C25H25N3O2/c1-30-24-20-10-6-5-7-17(20)11-13-21(24)25(29)27-18-12-14-23-22(15-18)26-16-28(23)19-8-3-2-4-9-19/h5-7,10-16,19H,2-4,8-9H2,1H3,(H,27,29). The average molecular weight is 399 g/mol. The molecule has 0 radical (unpaired) electrons. The fourth-order valence-electron chi connectivity index (χ4n) is 4.60. The lowest BCUT2D eigenvalue weighted by atomic mass is 9.95. The van der Waals surface area contributed by atoms with E-state index in [1.807, 2.05) is 54.9 Å². The van der Waals surface area contributed by atoms with Gasteiger partial charge in [-0.15, -0.1) is 0 Å². The summed E-state index contributed by atoms with van der Waals surface area (Å²) < 4.78 is 7.88. The summed E-state index contributed by atoms with van der Waals surface area (Å²) in [6.07, 6.45) is 8.27. The van der Waals surface area contributed by atoms with Gasteiger partial charge in [0.1, 0.15) is 5.75 Å². The molecule has 0 bridgehead atoms. The quantitative estimate of drug-likeness (QED) is 0.461. The van der Waals surface area contributed by atoms with Crippen molar-refractivity contribution in [1.29, 1.82) is 0 Å². The molecule has 5 heteroatoms. The van der Waals surface area contributed by atoms with E-state index in [-0.39, 0.29) is 5.91 Å². The number of ether oxygens (including phenoxy) is 1. The number of rotatable bonds is 4. The minimum atomic E-state index is -0.191. The van der Waals surface area contributed by atoms with Gasteiger partial charge >= 0.3 is 0 Å². The van der Waals surface area contributed by atoms with Gasteiger partial charge in [-0.25, -0.2) is 4.98 Å². The molecule has 1 aliphatic carbocycles. The first-order valence-corrected chi connectivity index (χ1v) is 10.6. The first-order valence-electron chi connectivity index (χ1n) is 10.6. The van der Waals surface area contributed by atoms with E-state index in [9.17, 15) is 4.79 Å². The third-order valence-electron chi connectivity index (χ3n) is 6.13. The molecule has 1 aliphatic rings. The molecule has 3 aromatic carbocycles. The van der Waals surface area contributed by atoms with Gasteiger partial charge in [-0.05, 0) is 42.5 Å². The molecular formula is C25H25N3O2. The number of methoxy groups -OCH3 is 1. The second-order valence-corrected chi connectivity index (χ2v) is 7.97. The third kappa shape index (κ3) is 3.30. The van der Waals surface area contributed by atoms with E-state index < -0.39 is 0 Å². The fourth-order valence-corrected chi connectivity index (χ4v) is 4.60. The molecule has 0 unspecified atom stereocenters. The van der Waals surface area contributed by atoms with Crippen molar-refractivity contribution in [2.24, 2.45) is 0 Å². The summed E-state index contributed by atoms with van der Waals surface area (Å²) in [5.41, 5.74) is 3.28. The van der Waals surface area contributed by atoms with Crippen LogP contribution in [-0.2, 0) is 0 Å². The Balaban J connectivity index is 1.43. The lowest BCUT2D eigenvalue weighted by molar-refractivity contribution is 0.102. The zero-order valence-electron chi connectivity index (χ0n) is 17.1. The topological polar surface area (TPSA) is 56.1 Å². The number of carbonyl (C=O) groups is 1. The first kappa shape index (κ1) is 18.7. The Hall–Kier alpha value is -3.34. The molecule has 0 saturated heterocycles. The van der Waals surface area contributed by atoms with Gasteiger partial charge in [-0.2, -0.15) is 0 Å². The summed E-state index contributed by atoms with van der Waals surface area (Å²) in [6, 6.07) is 18.1. The molecule has 0 aliphatic heterocycles. The highest BCUT2D eigenvalue weighted by molar-refractivity contribution is 6.10. The van der Waals surface area contributed by atoms with E-state index in [2.05, 4.69) is 20.9 Å². The SMILES string of the molecule is COc1c(C(=O)Nc2ccc3c(c2)ncn3C2CCCCC2)ccc2ccccc12. The molecule has 30 heavy (non-hydrogen) atoms. The number of anilines is 1. The summed E-state index contributed by atoms with van der Waals surface area (Å²) in [6.45, 7) is 0. The largest absolute Gasteiger partial charge is 0.495 e. The Morgan fingerprint density at radius 3 is 2.73 bits per heavy atom. The zero-order chi connectivity index (χ0) is 20.5. The molecule has 1 amide bonds. The highest BCUT2D eigenvalue weighted by Crippen LogP contribution is 2.32. The summed E-state index contributed by atoms with van der Waals surface area (Å²) >= 11 is 0. The van der Waals surface area contributed by atoms with Crippen LogP contribution >= 0.6 is 0 Å². The highest BCUT2D eigenvalue weighted by Gasteiger charge is 2.19. The number of nitrogens with one attached hydrogen (secondary N) is 1. The molecule has 1 fully saturated rings. The van der Waals surface area contributed by atoms with Gasteiger partial charge in [-0.3, -0.25) is 4.79 Å². The van der Waals surface area contributed by atoms with Gasteiger partial charge < -0.3 is 14.6 Å². The van der Waals surface area contributed by atoms with Crippen LogP contribution in [0.4, 0.5) is 5.69 Å². The Labute approximate surface area is 175 Å². The van der Waals surface area contributed by atoms with Crippen LogP contribution in [0.3, 0.4) is 0 Å². The van der Waals surface area contributed by atoms with Crippen LogP contribution in [0.5, 0.6) is 5.75 Å². The number of aromatic nitrogens is 2. The Morgan fingerprint density at radius 1 is 1.07 bits per heavy atom. The Kier molecular flexibility index (Phi) is 4.87. The lowest BCUT2D eigenvalue weighted by Crippen LogP contribution is -2.13. The van der Waals surface area contributed by atoms with Crippen LogP contribution in [0.25, 0.3) is 21.8 Å². The highest BCUT2D eigenvalue weighted by atomic mass is 16.5. The smallest absolute Gasteiger partial charge is 0.259 e. The van der Waals surface area contributed by atoms with Crippen molar-refractivity contribution in [2.45, 2.75) is 38.1 Å². The van der Waals surface area contributed by atoms with Gasteiger partial charge in [0, 0.05) is 17.1 Å². The van der Waals surface area contributed by atoms with Crippen molar-refractivity contribution in [1.82, 2.24) is 9.55 Å². The van der Waals surface area contributed by atoms with E-state index in [0.29, 0.717) is 17.4 Å². The van der Waals surface area contributed by atoms with E-state index in [1.54, 1.807) is 7.11 Å². The lowest BCUT2D eigenvalue weighted by Gasteiger charge is -2.23. The molecule has 0 atom stereocenters. The Morgan fingerprint density at radius 2 is 1.90 bits per heavy atom. The Bertz CT molecular complexity index is 1220. The third-order valence-corrected chi connectivity index (χ3v) is 6.13. The minimum Gasteiger partial charge on any atom is -0.495 e. The van der Waals surface area contributed by atoms with Gasteiger partial charge in [-0.1, -0.05) is 49.6 Å². The van der Waals surface area contributed by atoms with Gasteiger partial charge in [0.05, 0.1) is 30.0 Å². The van der Waals surface area contributed by atoms with E-state index in [4.69, 9.17) is 4.74 Å². The summed E-state index contributed by atoms with van der Waals surface area (Å²) in [7, 11) is 1.60. The van der Waals surface area contributed by atoms with Crippen molar-refractivity contribution in [3.8, 4) is 5.75 Å². The molecule has 1 N–H and O–H groups in total. The van der Waals surface area contributed by atoms with Crippen LogP contribution < -0.4 is 10.1 Å². The number of imidazole rings is 1. The molecule has 5 rings (SSSR count). The van der Waals surface area contributed by atoms with Crippen LogP contribution in [0.1, 0.15) is 48.5 Å². The van der Waals surface area contributed by atoms with E-state index in [1.165, 1.54) is 32.1 Å². The summed E-state index contributed by atoms with van der Waals surface area (Å²) in [5.74, 6) is 0.400. The van der Waals surface area contributed by atoms with Crippen molar-refractivity contribution in [3.63, 3.8) is 0 Å². The van der Waals surface area contributed by atoms with Crippen molar-refractivity contribution >= 4 is 33.4 Å². The molecule has 1 heterocycles. The van der Waals surface area contributed by atoms with Crippen LogP contribution in [0, 0.1) is 0 Å². The molecule has 0 spiro atoms. The van der Waals surface area contributed by atoms with Gasteiger partial charge in [0.15, 0.2) is 0 Å². The fraction of sp³-hybridized carbons (Fsp3) is 0.280. The number of nitrogens with zero attached hydrogens (tertiary/aromatic N) is 2. The van der Waals surface area contributed by atoms with Gasteiger partial charge in [0.25, 0.3) is 5.91 Å². The molecular weight excluding hydrogens is 374 g/mol. The number of fused-ring (bicyclic) bond motifs is 2.